The van der Waals surface area contributed by atoms with Crippen LogP contribution in [0.3, 0.4) is 0 Å². The molecular weight excluding hydrogens is 797 g/mol. The van der Waals surface area contributed by atoms with E-state index in [-0.39, 0.29) is 37.1 Å². The van der Waals surface area contributed by atoms with Crippen LogP contribution in [0.1, 0.15) is 55.7 Å². The topological polar surface area (TPSA) is 258 Å². The van der Waals surface area contributed by atoms with Gasteiger partial charge in [0.2, 0.25) is 35.4 Å². The number of nitrogens with zero attached hydrogens (tertiary/aromatic N) is 2. The molecule has 1 fully saturated rings. The maximum absolute atomic E-state index is 14.5. The normalized spacial score (nSPS) is 17.5. The van der Waals surface area contributed by atoms with Crippen molar-refractivity contribution in [2.24, 2.45) is 10.7 Å². The summed E-state index contributed by atoms with van der Waals surface area (Å²) in [6, 6.07) is 14.2. The smallest absolute Gasteiger partial charge is 0.336 e. The van der Waals surface area contributed by atoms with E-state index in [2.05, 4.69) is 31.2 Å². The quantitative estimate of drug-likeness (QED) is 0.0764. The first-order chi connectivity index (χ1) is 29.7. The highest BCUT2D eigenvalue weighted by molar-refractivity contribution is 6.01. The predicted molar refractivity (Wildman–Crippen MR) is 230 cm³/mol. The molecule has 4 heterocycles. The number of aliphatic imine (C=N–C) groups is 1. The number of benzene rings is 3. The lowest BCUT2D eigenvalue weighted by Crippen LogP contribution is -2.58. The highest BCUT2D eigenvalue weighted by atomic mass is 16.4. The Kier molecular flexibility index (Phi) is 12.8. The minimum atomic E-state index is -1.34. The summed E-state index contributed by atoms with van der Waals surface area (Å²) >= 11 is 0. The van der Waals surface area contributed by atoms with Crippen molar-refractivity contribution in [2.45, 2.75) is 89.0 Å². The van der Waals surface area contributed by atoms with Gasteiger partial charge in [0, 0.05) is 65.4 Å². The van der Waals surface area contributed by atoms with E-state index in [4.69, 9.17) is 10.2 Å². The Labute approximate surface area is 355 Å². The van der Waals surface area contributed by atoms with Crippen LogP contribution in [0.2, 0.25) is 0 Å². The zero-order valence-electron chi connectivity index (χ0n) is 34.2. The summed E-state index contributed by atoms with van der Waals surface area (Å²) in [5.41, 5.74) is 9.14. The van der Waals surface area contributed by atoms with E-state index in [9.17, 15) is 38.7 Å². The molecule has 17 heteroatoms. The number of aryl methyl sites for hydroxylation is 1. The number of aromatic hydroxyl groups is 1. The molecule has 2 aliphatic rings. The van der Waals surface area contributed by atoms with Crippen molar-refractivity contribution >= 4 is 68.7 Å². The number of aromatic amines is 1. The number of phenols is 1. The highest BCUT2D eigenvalue weighted by Gasteiger charge is 2.40. The zero-order chi connectivity index (χ0) is 44.1. The van der Waals surface area contributed by atoms with Gasteiger partial charge in [-0.2, -0.15) is 0 Å². The van der Waals surface area contributed by atoms with Crippen molar-refractivity contribution in [1.82, 2.24) is 25.8 Å². The number of likely N-dealkylation sites (tertiary alicyclic amines) is 1. The van der Waals surface area contributed by atoms with Gasteiger partial charge in [0.1, 0.15) is 41.5 Å². The lowest BCUT2D eigenvalue weighted by atomic mass is 10.0. The molecule has 5 aromatic rings. The van der Waals surface area contributed by atoms with Crippen molar-refractivity contribution in [2.75, 3.05) is 11.9 Å². The number of anilines is 1. The monoisotopic (exact) mass is 844 g/mol. The number of H-pyrrole nitrogens is 1. The van der Waals surface area contributed by atoms with Gasteiger partial charge in [-0.15, -0.1) is 0 Å². The second kappa shape index (κ2) is 18.5. The molecule has 3 aromatic carbocycles. The van der Waals surface area contributed by atoms with Crippen LogP contribution in [0.5, 0.6) is 5.75 Å². The van der Waals surface area contributed by atoms with E-state index in [0.717, 1.165) is 22.2 Å². The third-order valence-corrected chi connectivity index (χ3v) is 11.3. The standard InChI is InChI=1S/C45H48N8O9/c1-24-18-40(56)62-38-21-28(12-15-30(24)38)49-42(58)35(20-27-23-47-32-7-4-3-6-31(27)32)50-43(59)34(19-26-10-13-29(54)14-11-26)51-44(60)37-8-5-17-53(37)45(61)36(22-39(46)55)52-41(57)33-16-9-25(2)48-33/h3-4,6-7,10-15,18,21,23,33-37,47,54H,5,8-9,16-17,19-20,22H2,1-2H3,(H2,46,55)(H,49,58)(H,50,59)(H,51,60)(H,52,57). The molecule has 62 heavy (non-hydrogen) atoms. The van der Waals surface area contributed by atoms with Crippen LogP contribution in [0.15, 0.2) is 93.2 Å². The number of carbonyl (C=O) groups excluding carboxylic acids is 6. The van der Waals surface area contributed by atoms with E-state index in [1.165, 1.54) is 29.2 Å². The van der Waals surface area contributed by atoms with Crippen molar-refractivity contribution in [3.63, 3.8) is 0 Å². The molecule has 7 rings (SSSR count). The molecule has 0 aliphatic carbocycles. The summed E-state index contributed by atoms with van der Waals surface area (Å²) in [7, 11) is 0. The average Bonchev–Trinajstić information content (AvgIpc) is 4.01. The Morgan fingerprint density at radius 2 is 1.61 bits per heavy atom. The summed E-state index contributed by atoms with van der Waals surface area (Å²) in [6.45, 7) is 3.72. The van der Waals surface area contributed by atoms with E-state index in [1.807, 2.05) is 24.3 Å². The van der Waals surface area contributed by atoms with Crippen LogP contribution in [0, 0.1) is 6.92 Å². The van der Waals surface area contributed by atoms with Gasteiger partial charge in [-0.1, -0.05) is 30.3 Å². The summed E-state index contributed by atoms with van der Waals surface area (Å²) in [5.74, 6) is -4.01. The van der Waals surface area contributed by atoms with Crippen molar-refractivity contribution in [3.05, 3.63) is 106 Å². The molecule has 17 nitrogen and oxygen atoms in total. The van der Waals surface area contributed by atoms with Crippen LogP contribution in [0.25, 0.3) is 21.9 Å². The van der Waals surface area contributed by atoms with Crippen LogP contribution >= 0.6 is 0 Å². The molecule has 8 N–H and O–H groups in total. The van der Waals surface area contributed by atoms with Crippen LogP contribution in [-0.4, -0.2) is 92.9 Å². The number of amides is 6. The van der Waals surface area contributed by atoms with E-state index >= 15 is 0 Å². The van der Waals surface area contributed by atoms with Gasteiger partial charge in [-0.3, -0.25) is 33.8 Å². The molecule has 0 radical (unpaired) electrons. The van der Waals surface area contributed by atoms with Gasteiger partial charge in [-0.05, 0) is 86.6 Å². The van der Waals surface area contributed by atoms with Gasteiger partial charge in [0.05, 0.1) is 6.42 Å². The summed E-state index contributed by atoms with van der Waals surface area (Å²) < 4.78 is 5.39. The number of hydrogen-bond donors (Lipinski definition) is 7. The second-order valence-corrected chi connectivity index (χ2v) is 15.8. The highest BCUT2D eigenvalue weighted by Crippen LogP contribution is 2.24. The van der Waals surface area contributed by atoms with Crippen molar-refractivity contribution in [1.29, 1.82) is 0 Å². The van der Waals surface area contributed by atoms with E-state index in [1.54, 1.807) is 44.3 Å². The number of fused-ring (bicyclic) bond motifs is 2. The average molecular weight is 845 g/mol. The van der Waals surface area contributed by atoms with Crippen LogP contribution in [-0.2, 0) is 41.6 Å². The Bertz CT molecular complexity index is 2640. The molecule has 5 unspecified atom stereocenters. The number of carbonyl (C=O) groups is 6. The molecule has 0 saturated carbocycles. The molecule has 1 saturated heterocycles. The molecule has 0 spiro atoms. The minimum absolute atomic E-state index is 0.00929. The van der Waals surface area contributed by atoms with Crippen molar-refractivity contribution < 1.29 is 38.3 Å². The molecule has 6 amide bonds. The maximum Gasteiger partial charge on any atom is 0.336 e. The van der Waals surface area contributed by atoms with E-state index in [0.29, 0.717) is 41.5 Å². The number of aromatic nitrogens is 1. The zero-order valence-corrected chi connectivity index (χ0v) is 34.2. The minimum Gasteiger partial charge on any atom is -0.508 e. The number of para-hydroxylation sites is 1. The number of phenolic OH excluding ortho intramolecular Hbond substituents is 1. The molecular formula is C45H48N8O9. The first-order valence-electron chi connectivity index (χ1n) is 20.4. The van der Waals surface area contributed by atoms with Crippen LogP contribution in [0.4, 0.5) is 5.69 Å². The number of nitrogens with two attached hydrogens (primary N) is 1. The Morgan fingerprint density at radius 3 is 2.35 bits per heavy atom. The largest absolute Gasteiger partial charge is 0.508 e. The number of primary amides is 1. The van der Waals surface area contributed by atoms with Gasteiger partial charge in [0.15, 0.2) is 0 Å². The summed E-state index contributed by atoms with van der Waals surface area (Å²) in [5, 5.41) is 22.6. The van der Waals surface area contributed by atoms with E-state index < -0.39 is 77.7 Å². The third-order valence-electron chi connectivity index (χ3n) is 11.3. The van der Waals surface area contributed by atoms with Crippen molar-refractivity contribution in [3.8, 4) is 5.75 Å². The van der Waals surface area contributed by atoms with Gasteiger partial charge in [-0.25, -0.2) is 4.79 Å². The Hall–Kier alpha value is -7.30. The number of rotatable bonds is 15. The molecule has 5 atom stereocenters. The number of nitrogens with one attached hydrogen (secondary N) is 5. The third kappa shape index (κ3) is 10.00. The predicted octanol–water partition coefficient (Wildman–Crippen LogP) is 2.66. The SMILES string of the molecule is CC1=NC(C(=O)NC(CC(N)=O)C(=O)N2CCCC2C(=O)NC(Cc2ccc(O)cc2)C(=O)NC(Cc2c[nH]c3ccccc23)C(=O)Nc2ccc3c(C)cc(=O)oc3c2)CC1. The fraction of sp³-hybridized carbons (Fsp3) is 0.333. The summed E-state index contributed by atoms with van der Waals surface area (Å²) in [4.78, 5) is 103. The van der Waals surface area contributed by atoms with Gasteiger partial charge < -0.3 is 46.4 Å². The molecule has 2 aliphatic heterocycles. The Balaban J connectivity index is 1.14. The first kappa shape index (κ1) is 42.8. The molecule has 0 bridgehead atoms. The van der Waals surface area contributed by atoms with Gasteiger partial charge in [0.25, 0.3) is 0 Å². The molecule has 2 aromatic heterocycles. The first-order valence-corrected chi connectivity index (χ1v) is 20.4. The lowest BCUT2D eigenvalue weighted by molar-refractivity contribution is -0.143. The van der Waals surface area contributed by atoms with Crippen LogP contribution < -0.4 is 32.6 Å². The van der Waals surface area contributed by atoms with Gasteiger partial charge >= 0.3 is 5.63 Å². The Morgan fingerprint density at radius 1 is 0.871 bits per heavy atom. The summed E-state index contributed by atoms with van der Waals surface area (Å²) in [6.07, 6.45) is 2.96. The number of hydrogen-bond acceptors (Lipinski definition) is 10. The fourth-order valence-corrected chi connectivity index (χ4v) is 8.08. The second-order valence-electron chi connectivity index (χ2n) is 15.8. The lowest BCUT2D eigenvalue weighted by Gasteiger charge is -2.30. The maximum atomic E-state index is 14.5. The molecule has 322 valence electrons. The fourth-order valence-electron chi connectivity index (χ4n) is 8.08.